The molecular weight excluding hydrogens is 424 g/mol. The van der Waals surface area contributed by atoms with Gasteiger partial charge in [-0.1, -0.05) is 96.6 Å². The Bertz CT molecular complexity index is 1700. The van der Waals surface area contributed by atoms with E-state index in [2.05, 4.69) is 144 Å². The van der Waals surface area contributed by atoms with Gasteiger partial charge < -0.3 is 9.80 Å². The highest BCUT2D eigenvalue weighted by atomic mass is 15.3. The Morgan fingerprint density at radius 2 is 0.771 bits per heavy atom. The van der Waals surface area contributed by atoms with Gasteiger partial charge in [0.15, 0.2) is 0 Å². The van der Waals surface area contributed by atoms with Crippen LogP contribution in [0.25, 0.3) is 21.5 Å². The maximum atomic E-state index is 2.44. The number of fused-ring (bicyclic) bond motifs is 7. The molecule has 0 radical (unpaired) electrons. The van der Waals surface area contributed by atoms with Crippen LogP contribution in [-0.4, -0.2) is 0 Å². The molecule has 0 saturated heterocycles. The lowest BCUT2D eigenvalue weighted by molar-refractivity contribution is 1.19. The van der Waals surface area contributed by atoms with E-state index in [0.717, 1.165) is 11.4 Å². The van der Waals surface area contributed by atoms with Crippen molar-refractivity contribution in [3.63, 3.8) is 0 Å². The van der Waals surface area contributed by atoms with Gasteiger partial charge >= 0.3 is 0 Å². The fourth-order valence-electron chi connectivity index (χ4n) is 5.45. The zero-order valence-corrected chi connectivity index (χ0v) is 19.5. The Labute approximate surface area is 205 Å². The first-order valence-corrected chi connectivity index (χ1v) is 12.1. The van der Waals surface area contributed by atoms with E-state index < -0.39 is 0 Å². The average Bonchev–Trinajstić information content (AvgIpc) is 2.93. The van der Waals surface area contributed by atoms with Gasteiger partial charge in [-0.25, -0.2) is 0 Å². The van der Waals surface area contributed by atoms with Gasteiger partial charge in [0.2, 0.25) is 0 Å². The molecule has 1 aliphatic heterocycles. The lowest BCUT2D eigenvalue weighted by atomic mass is 9.93. The summed E-state index contributed by atoms with van der Waals surface area (Å²) in [5, 5.41) is 5.03. The highest BCUT2D eigenvalue weighted by Crippen LogP contribution is 2.58. The van der Waals surface area contributed by atoms with Crippen LogP contribution in [0, 0.1) is 6.92 Å². The maximum Gasteiger partial charge on any atom is 0.0788 e. The number of benzene rings is 6. The predicted molar refractivity (Wildman–Crippen MR) is 149 cm³/mol. The van der Waals surface area contributed by atoms with E-state index in [0.29, 0.717) is 0 Å². The molecule has 1 heterocycles. The standard InChI is InChI=1S/C33H24N2/c1-23-19-21-25(22-20-23)35-31-18-10-9-17-30(31)34(24-11-3-2-4-12-24)32-28-15-7-5-13-26(28)27-14-6-8-16-29(27)33(32)35/h2-22H,1H3. The van der Waals surface area contributed by atoms with Crippen LogP contribution < -0.4 is 9.80 Å². The third kappa shape index (κ3) is 2.97. The molecule has 0 spiro atoms. The number of para-hydroxylation sites is 3. The first kappa shape index (κ1) is 19.9. The van der Waals surface area contributed by atoms with Gasteiger partial charge in [-0.15, -0.1) is 0 Å². The molecule has 2 heteroatoms. The van der Waals surface area contributed by atoms with Crippen molar-refractivity contribution in [2.75, 3.05) is 9.80 Å². The maximum absolute atomic E-state index is 2.44. The van der Waals surface area contributed by atoms with E-state index in [1.54, 1.807) is 0 Å². The SMILES string of the molecule is Cc1ccc(N2c3ccccc3N(c3ccccc3)c3c2c2ccccc2c2ccccc32)cc1. The zero-order chi connectivity index (χ0) is 23.4. The van der Waals surface area contributed by atoms with E-state index in [-0.39, 0.29) is 0 Å². The molecule has 7 rings (SSSR count). The van der Waals surface area contributed by atoms with Crippen molar-refractivity contribution in [2.24, 2.45) is 0 Å². The Morgan fingerprint density at radius 1 is 0.371 bits per heavy atom. The van der Waals surface area contributed by atoms with E-state index in [9.17, 15) is 0 Å². The molecular formula is C33H24N2. The minimum atomic E-state index is 1.16. The summed E-state index contributed by atoms with van der Waals surface area (Å²) in [6.07, 6.45) is 0. The Morgan fingerprint density at radius 3 is 1.29 bits per heavy atom. The second-order valence-electron chi connectivity index (χ2n) is 9.12. The number of nitrogens with zero attached hydrogens (tertiary/aromatic N) is 2. The molecule has 0 aliphatic carbocycles. The Hall–Kier alpha value is -4.56. The van der Waals surface area contributed by atoms with Gasteiger partial charge in [-0.3, -0.25) is 0 Å². The minimum Gasteiger partial charge on any atom is -0.306 e. The van der Waals surface area contributed by atoms with Crippen LogP contribution in [0.2, 0.25) is 0 Å². The minimum absolute atomic E-state index is 1.16. The first-order valence-electron chi connectivity index (χ1n) is 12.1. The normalized spacial score (nSPS) is 12.6. The van der Waals surface area contributed by atoms with Gasteiger partial charge in [-0.05, 0) is 54.1 Å². The van der Waals surface area contributed by atoms with Crippen molar-refractivity contribution in [3.8, 4) is 0 Å². The number of hydrogen-bond acceptors (Lipinski definition) is 2. The van der Waals surface area contributed by atoms with E-state index in [1.165, 1.54) is 49.9 Å². The van der Waals surface area contributed by atoms with E-state index >= 15 is 0 Å². The zero-order valence-electron chi connectivity index (χ0n) is 19.5. The molecule has 0 N–H and O–H groups in total. The smallest absolute Gasteiger partial charge is 0.0788 e. The predicted octanol–water partition coefficient (Wildman–Crippen LogP) is 9.55. The monoisotopic (exact) mass is 448 g/mol. The largest absolute Gasteiger partial charge is 0.306 e. The molecule has 0 saturated carbocycles. The number of hydrogen-bond donors (Lipinski definition) is 0. The Kier molecular flexibility index (Phi) is 4.40. The van der Waals surface area contributed by atoms with Gasteiger partial charge in [0, 0.05) is 22.1 Å². The lowest BCUT2D eigenvalue weighted by Gasteiger charge is -2.42. The quantitative estimate of drug-likeness (QED) is 0.243. The lowest BCUT2D eigenvalue weighted by Crippen LogP contribution is -2.24. The summed E-state index contributed by atoms with van der Waals surface area (Å²) in [6.45, 7) is 2.14. The van der Waals surface area contributed by atoms with Gasteiger partial charge in [0.1, 0.15) is 0 Å². The molecule has 0 atom stereocenters. The molecule has 6 aromatic carbocycles. The van der Waals surface area contributed by atoms with Crippen molar-refractivity contribution in [3.05, 3.63) is 133 Å². The summed E-state index contributed by atoms with van der Waals surface area (Å²) in [6, 6.07) is 45.9. The van der Waals surface area contributed by atoms with Crippen LogP contribution >= 0.6 is 0 Å². The molecule has 0 amide bonds. The van der Waals surface area contributed by atoms with Crippen LogP contribution in [0.1, 0.15) is 5.56 Å². The van der Waals surface area contributed by atoms with Crippen LogP contribution in [-0.2, 0) is 0 Å². The molecule has 0 unspecified atom stereocenters. The third-order valence-electron chi connectivity index (χ3n) is 7.00. The molecule has 6 aromatic rings. The summed E-state index contributed by atoms with van der Waals surface area (Å²) < 4.78 is 0. The van der Waals surface area contributed by atoms with Gasteiger partial charge in [0.25, 0.3) is 0 Å². The summed E-state index contributed by atoms with van der Waals surface area (Å²) in [5.41, 5.74) is 8.35. The fourth-order valence-corrected chi connectivity index (χ4v) is 5.45. The topological polar surface area (TPSA) is 6.48 Å². The van der Waals surface area contributed by atoms with E-state index in [4.69, 9.17) is 0 Å². The molecule has 35 heavy (non-hydrogen) atoms. The highest BCUT2D eigenvalue weighted by Gasteiger charge is 2.33. The summed E-state index contributed by atoms with van der Waals surface area (Å²) in [7, 11) is 0. The van der Waals surface area contributed by atoms with Crippen molar-refractivity contribution in [1.29, 1.82) is 0 Å². The number of anilines is 6. The van der Waals surface area contributed by atoms with Crippen molar-refractivity contribution >= 4 is 55.7 Å². The van der Waals surface area contributed by atoms with Crippen LogP contribution in [0.15, 0.2) is 127 Å². The van der Waals surface area contributed by atoms with Crippen molar-refractivity contribution in [1.82, 2.24) is 0 Å². The summed E-state index contributed by atoms with van der Waals surface area (Å²) in [4.78, 5) is 4.88. The summed E-state index contributed by atoms with van der Waals surface area (Å²) >= 11 is 0. The third-order valence-corrected chi connectivity index (χ3v) is 7.00. The van der Waals surface area contributed by atoms with E-state index in [1.807, 2.05) is 0 Å². The van der Waals surface area contributed by atoms with Crippen molar-refractivity contribution < 1.29 is 0 Å². The first-order chi connectivity index (χ1) is 17.3. The van der Waals surface area contributed by atoms with Crippen molar-refractivity contribution in [2.45, 2.75) is 6.92 Å². The van der Waals surface area contributed by atoms with Gasteiger partial charge in [-0.2, -0.15) is 0 Å². The molecule has 2 nitrogen and oxygen atoms in total. The highest BCUT2D eigenvalue weighted by molar-refractivity contribution is 6.25. The number of aryl methyl sites for hydroxylation is 1. The second kappa shape index (κ2) is 7.75. The molecule has 166 valence electrons. The van der Waals surface area contributed by atoms with Gasteiger partial charge in [0.05, 0.1) is 22.7 Å². The van der Waals surface area contributed by atoms with Crippen LogP contribution in [0.5, 0.6) is 0 Å². The summed E-state index contributed by atoms with van der Waals surface area (Å²) in [5.74, 6) is 0. The molecule has 1 aliphatic rings. The fraction of sp³-hybridized carbons (Fsp3) is 0.0303. The molecule has 0 aromatic heterocycles. The van der Waals surface area contributed by atoms with Crippen LogP contribution in [0.4, 0.5) is 34.1 Å². The molecule has 0 bridgehead atoms. The van der Waals surface area contributed by atoms with Crippen LogP contribution in [0.3, 0.4) is 0 Å². The molecule has 0 fully saturated rings. The average molecular weight is 449 g/mol. The number of rotatable bonds is 2. The Balaban J connectivity index is 1.70. The second-order valence-corrected chi connectivity index (χ2v) is 9.12.